The van der Waals surface area contributed by atoms with E-state index < -0.39 is 0 Å². The van der Waals surface area contributed by atoms with Gasteiger partial charge in [-0.2, -0.15) is 0 Å². The van der Waals surface area contributed by atoms with Gasteiger partial charge in [0, 0.05) is 35.0 Å². The number of halogens is 2. The number of rotatable bonds is 3. The van der Waals surface area contributed by atoms with E-state index >= 15 is 0 Å². The van der Waals surface area contributed by atoms with Crippen LogP contribution in [0.1, 0.15) is 18.4 Å². The summed E-state index contributed by atoms with van der Waals surface area (Å²) in [5.41, 5.74) is 3.82. The summed E-state index contributed by atoms with van der Waals surface area (Å²) in [6.45, 7) is 1.92. The average molecular weight is 361 g/mol. The molecule has 0 fully saturated rings. The van der Waals surface area contributed by atoms with Gasteiger partial charge in [0.05, 0.1) is 11.6 Å². The molecule has 0 aliphatic heterocycles. The van der Waals surface area contributed by atoms with Gasteiger partial charge in [0.1, 0.15) is 0 Å². The lowest BCUT2D eigenvalue weighted by Crippen LogP contribution is -2.26. The van der Waals surface area contributed by atoms with Gasteiger partial charge in [0.25, 0.3) is 0 Å². The second-order valence-electron chi connectivity index (χ2n) is 6.06. The van der Waals surface area contributed by atoms with E-state index in [9.17, 15) is 4.79 Å². The average Bonchev–Trinajstić information content (AvgIpc) is 2.92. The van der Waals surface area contributed by atoms with Crippen LogP contribution in [0.15, 0.2) is 42.5 Å². The third-order valence-electron chi connectivity index (χ3n) is 4.18. The molecule has 0 bridgehead atoms. The van der Waals surface area contributed by atoms with E-state index in [0.717, 1.165) is 27.7 Å². The molecular formula is C19H18Cl2N2O. The van der Waals surface area contributed by atoms with E-state index in [2.05, 4.69) is 4.98 Å². The number of hydrogen-bond donors (Lipinski definition) is 1. The molecule has 0 saturated heterocycles. The Labute approximate surface area is 151 Å². The molecule has 124 valence electrons. The summed E-state index contributed by atoms with van der Waals surface area (Å²) >= 11 is 12.2. The number of aromatic nitrogens is 1. The molecular weight excluding hydrogens is 343 g/mol. The Morgan fingerprint density at radius 3 is 2.29 bits per heavy atom. The van der Waals surface area contributed by atoms with Gasteiger partial charge in [-0.05, 0) is 48.4 Å². The first-order valence-corrected chi connectivity index (χ1v) is 8.42. The molecule has 5 heteroatoms. The number of amides is 1. The quantitative estimate of drug-likeness (QED) is 0.672. The lowest BCUT2D eigenvalue weighted by molar-refractivity contribution is -0.129. The fourth-order valence-corrected chi connectivity index (χ4v) is 3.29. The summed E-state index contributed by atoms with van der Waals surface area (Å²) in [4.78, 5) is 17.6. The molecule has 24 heavy (non-hydrogen) atoms. The first-order valence-electron chi connectivity index (χ1n) is 7.66. The van der Waals surface area contributed by atoms with Gasteiger partial charge in [-0.1, -0.05) is 35.3 Å². The van der Waals surface area contributed by atoms with Crippen molar-refractivity contribution in [2.75, 3.05) is 14.1 Å². The predicted molar refractivity (Wildman–Crippen MR) is 101 cm³/mol. The fraction of sp³-hybridized carbons (Fsp3) is 0.211. The number of nitrogens with zero attached hydrogens (tertiary/aromatic N) is 1. The van der Waals surface area contributed by atoms with Crippen LogP contribution < -0.4 is 0 Å². The zero-order valence-corrected chi connectivity index (χ0v) is 15.2. The zero-order chi connectivity index (χ0) is 17.4. The third kappa shape index (κ3) is 3.02. The molecule has 1 heterocycles. The first-order chi connectivity index (χ1) is 11.4. The highest BCUT2D eigenvalue weighted by molar-refractivity contribution is 6.31. The van der Waals surface area contributed by atoms with Crippen molar-refractivity contribution in [2.24, 2.45) is 0 Å². The standard InChI is InChI=1S/C19H18Cl2N2O/c1-11(19(24)23(2)3)17-15-10-14(21)8-9-16(15)22-18(17)12-4-6-13(20)7-5-12/h4-11,22H,1-3H3. The number of fused-ring (bicyclic) bond motifs is 1. The molecule has 0 aliphatic rings. The maximum atomic E-state index is 12.6. The Morgan fingerprint density at radius 2 is 1.67 bits per heavy atom. The summed E-state index contributed by atoms with van der Waals surface area (Å²) in [5.74, 6) is -0.246. The number of aromatic amines is 1. The van der Waals surface area contributed by atoms with E-state index in [1.807, 2.05) is 49.4 Å². The topological polar surface area (TPSA) is 36.1 Å². The van der Waals surface area contributed by atoms with Crippen molar-refractivity contribution >= 4 is 40.0 Å². The van der Waals surface area contributed by atoms with Gasteiger partial charge >= 0.3 is 0 Å². The molecule has 2 aromatic carbocycles. The van der Waals surface area contributed by atoms with Crippen molar-refractivity contribution in [3.05, 3.63) is 58.1 Å². The van der Waals surface area contributed by atoms with Crippen molar-refractivity contribution in [1.82, 2.24) is 9.88 Å². The van der Waals surface area contributed by atoms with Crippen molar-refractivity contribution < 1.29 is 4.79 Å². The van der Waals surface area contributed by atoms with E-state index in [-0.39, 0.29) is 11.8 Å². The minimum absolute atomic E-state index is 0.0473. The Balaban J connectivity index is 2.26. The molecule has 1 aromatic heterocycles. The normalized spacial score (nSPS) is 12.4. The van der Waals surface area contributed by atoms with Gasteiger partial charge in [0.15, 0.2) is 0 Å². The molecule has 1 N–H and O–H groups in total. The molecule has 0 aliphatic carbocycles. The van der Waals surface area contributed by atoms with E-state index in [1.165, 1.54) is 0 Å². The number of hydrogen-bond acceptors (Lipinski definition) is 1. The zero-order valence-electron chi connectivity index (χ0n) is 13.7. The number of carbonyl (C=O) groups is 1. The summed E-state index contributed by atoms with van der Waals surface area (Å²) in [6, 6.07) is 13.3. The lowest BCUT2D eigenvalue weighted by atomic mass is 9.93. The minimum Gasteiger partial charge on any atom is -0.354 e. The highest BCUT2D eigenvalue weighted by Gasteiger charge is 2.25. The van der Waals surface area contributed by atoms with Gasteiger partial charge in [0.2, 0.25) is 5.91 Å². The second-order valence-corrected chi connectivity index (χ2v) is 6.94. The molecule has 0 spiro atoms. The predicted octanol–water partition coefficient (Wildman–Crippen LogP) is 5.33. The minimum atomic E-state index is -0.294. The monoisotopic (exact) mass is 360 g/mol. The van der Waals surface area contributed by atoms with E-state index in [1.54, 1.807) is 19.0 Å². The third-order valence-corrected chi connectivity index (χ3v) is 4.66. The van der Waals surface area contributed by atoms with Crippen LogP contribution in [0.3, 0.4) is 0 Å². The number of nitrogens with one attached hydrogen (secondary N) is 1. The largest absolute Gasteiger partial charge is 0.354 e. The van der Waals surface area contributed by atoms with Crippen LogP contribution in [0.25, 0.3) is 22.2 Å². The van der Waals surface area contributed by atoms with Gasteiger partial charge < -0.3 is 9.88 Å². The molecule has 3 rings (SSSR count). The molecule has 3 nitrogen and oxygen atoms in total. The molecule has 3 aromatic rings. The summed E-state index contributed by atoms with van der Waals surface area (Å²) in [7, 11) is 3.53. The van der Waals surface area contributed by atoms with Crippen LogP contribution in [-0.2, 0) is 4.79 Å². The van der Waals surface area contributed by atoms with Crippen LogP contribution >= 0.6 is 23.2 Å². The van der Waals surface area contributed by atoms with Crippen LogP contribution in [0.5, 0.6) is 0 Å². The smallest absolute Gasteiger partial charge is 0.229 e. The van der Waals surface area contributed by atoms with Crippen LogP contribution in [0.2, 0.25) is 10.0 Å². The SMILES string of the molecule is CC(C(=O)N(C)C)c1c(-c2ccc(Cl)cc2)[nH]c2ccc(Cl)cc12. The maximum absolute atomic E-state index is 12.6. The Hall–Kier alpha value is -1.97. The van der Waals surface area contributed by atoms with Crippen molar-refractivity contribution in [1.29, 1.82) is 0 Å². The number of benzene rings is 2. The highest BCUT2D eigenvalue weighted by atomic mass is 35.5. The summed E-state index contributed by atoms with van der Waals surface area (Å²) in [5, 5.41) is 2.29. The van der Waals surface area contributed by atoms with Gasteiger partial charge in [-0.3, -0.25) is 4.79 Å². The highest BCUT2D eigenvalue weighted by Crippen LogP contribution is 2.37. The molecule has 1 amide bonds. The van der Waals surface area contributed by atoms with Crippen LogP contribution in [0, 0.1) is 0 Å². The molecule has 1 unspecified atom stereocenters. The number of H-pyrrole nitrogens is 1. The van der Waals surface area contributed by atoms with E-state index in [4.69, 9.17) is 23.2 Å². The summed E-state index contributed by atoms with van der Waals surface area (Å²) in [6.07, 6.45) is 0. The van der Waals surface area contributed by atoms with Crippen molar-refractivity contribution in [3.8, 4) is 11.3 Å². The van der Waals surface area contributed by atoms with Gasteiger partial charge in [-0.25, -0.2) is 0 Å². The van der Waals surface area contributed by atoms with E-state index in [0.29, 0.717) is 10.0 Å². The first kappa shape index (κ1) is 16.9. The molecule has 1 atom stereocenters. The van der Waals surface area contributed by atoms with Gasteiger partial charge in [-0.15, -0.1) is 0 Å². The van der Waals surface area contributed by atoms with Crippen molar-refractivity contribution in [3.63, 3.8) is 0 Å². The fourth-order valence-electron chi connectivity index (χ4n) is 2.99. The number of carbonyl (C=O) groups excluding carboxylic acids is 1. The maximum Gasteiger partial charge on any atom is 0.229 e. The lowest BCUT2D eigenvalue weighted by Gasteiger charge is -2.18. The molecule has 0 saturated carbocycles. The van der Waals surface area contributed by atoms with Crippen LogP contribution in [0.4, 0.5) is 0 Å². The van der Waals surface area contributed by atoms with Crippen molar-refractivity contribution in [2.45, 2.75) is 12.8 Å². The second kappa shape index (κ2) is 6.50. The Kier molecular flexibility index (Phi) is 4.57. The Bertz CT molecular complexity index is 898. The number of likely N-dealkylation sites (N-methyl/N-ethyl adjacent to an activating group) is 1. The Morgan fingerprint density at radius 1 is 1.04 bits per heavy atom. The molecule has 0 radical (unpaired) electrons. The summed E-state index contributed by atoms with van der Waals surface area (Å²) < 4.78 is 0. The van der Waals surface area contributed by atoms with Crippen LogP contribution in [-0.4, -0.2) is 29.9 Å².